The van der Waals surface area contributed by atoms with Crippen LogP contribution in [0.1, 0.15) is 20.7 Å². The molecule has 0 fully saturated rings. The lowest BCUT2D eigenvalue weighted by Gasteiger charge is -2.10. The van der Waals surface area contributed by atoms with Crippen LogP contribution >= 0.6 is 15.9 Å². The van der Waals surface area contributed by atoms with Crippen LogP contribution in [0.25, 0.3) is 0 Å². The minimum atomic E-state index is -1.04. The lowest BCUT2D eigenvalue weighted by molar-refractivity contribution is 0.0991. The highest BCUT2D eigenvalue weighted by atomic mass is 79.9. The predicted octanol–water partition coefficient (Wildman–Crippen LogP) is 3.88. The number of carbonyl (C=O) groups is 1. The largest absolute Gasteiger partial charge is 0.293 e. The molecular formula is C15H12BrFO2S. The van der Waals surface area contributed by atoms with E-state index < -0.39 is 15.6 Å². The van der Waals surface area contributed by atoms with Crippen molar-refractivity contribution in [2.75, 3.05) is 6.26 Å². The van der Waals surface area contributed by atoms with Gasteiger partial charge in [0.15, 0.2) is 5.78 Å². The monoisotopic (exact) mass is 354 g/mol. The first-order chi connectivity index (χ1) is 9.49. The molecule has 0 spiro atoms. The Morgan fingerprint density at radius 1 is 1.10 bits per heavy atom. The Balaban J connectivity index is 2.22. The molecule has 0 radical (unpaired) electrons. The van der Waals surface area contributed by atoms with E-state index in [1.165, 1.54) is 24.3 Å². The van der Waals surface area contributed by atoms with E-state index in [9.17, 15) is 13.4 Å². The van der Waals surface area contributed by atoms with Gasteiger partial charge in [0.1, 0.15) is 10.6 Å². The van der Waals surface area contributed by atoms with E-state index >= 15 is 0 Å². The number of carbonyl (C=O) groups excluding carboxylic acids is 1. The molecule has 0 N–H and O–H groups in total. The van der Waals surface area contributed by atoms with Crippen molar-refractivity contribution in [1.82, 2.24) is 0 Å². The number of hydrogen-bond donors (Lipinski definition) is 0. The molecule has 0 aliphatic rings. The van der Waals surface area contributed by atoms with E-state index in [4.69, 9.17) is 0 Å². The van der Waals surface area contributed by atoms with E-state index in [0.29, 0.717) is 10.5 Å². The summed E-state index contributed by atoms with van der Waals surface area (Å²) < 4.78 is 24.2. The summed E-state index contributed by atoms with van der Waals surface area (Å²) in [6.07, 6.45) is 1.60. The average molecular weight is 355 g/mol. The summed E-state index contributed by atoms with van der Waals surface area (Å²) >= 11 is 3.35. The first-order valence-corrected chi connectivity index (χ1v) is 8.33. The van der Waals surface area contributed by atoms with Gasteiger partial charge in [-0.1, -0.05) is 28.1 Å². The molecule has 0 saturated heterocycles. The topological polar surface area (TPSA) is 34.1 Å². The molecule has 20 heavy (non-hydrogen) atoms. The number of ketones is 1. The van der Waals surface area contributed by atoms with E-state index in [-0.39, 0.29) is 11.6 Å². The summed E-state index contributed by atoms with van der Waals surface area (Å²) in [5, 5.41) is 0. The smallest absolute Gasteiger partial charge is 0.180 e. The molecule has 5 heteroatoms. The van der Waals surface area contributed by atoms with Crippen molar-refractivity contribution >= 4 is 32.5 Å². The quantitative estimate of drug-likeness (QED) is 0.616. The Kier molecular flexibility index (Phi) is 4.83. The third-order valence-corrected chi connectivity index (χ3v) is 4.74. The zero-order valence-electron chi connectivity index (χ0n) is 10.7. The molecule has 0 aromatic heterocycles. The van der Waals surface area contributed by atoms with Crippen LogP contribution in [0, 0.1) is 5.82 Å². The van der Waals surface area contributed by atoms with Crippen molar-refractivity contribution in [2.45, 2.75) is 9.72 Å². The van der Waals surface area contributed by atoms with Gasteiger partial charge in [0.25, 0.3) is 0 Å². The van der Waals surface area contributed by atoms with Crippen molar-refractivity contribution in [1.29, 1.82) is 0 Å². The van der Waals surface area contributed by atoms with E-state index in [0.717, 1.165) is 5.56 Å². The number of halogens is 2. The summed E-state index contributed by atoms with van der Waals surface area (Å²) in [6, 6.07) is 12.4. The molecular weight excluding hydrogens is 343 g/mol. The molecule has 0 saturated carbocycles. The molecule has 0 aliphatic carbocycles. The van der Waals surface area contributed by atoms with Crippen LogP contribution in [0.5, 0.6) is 0 Å². The fourth-order valence-corrected chi connectivity index (χ4v) is 2.83. The van der Waals surface area contributed by atoms with Gasteiger partial charge in [-0.3, -0.25) is 9.00 Å². The van der Waals surface area contributed by atoms with E-state index in [1.807, 2.05) is 0 Å². The minimum absolute atomic E-state index is 0.143. The number of hydrogen-bond acceptors (Lipinski definition) is 2. The van der Waals surface area contributed by atoms with Crippen LogP contribution in [0.3, 0.4) is 0 Å². The fraction of sp³-hybridized carbons (Fsp3) is 0.133. The summed E-state index contributed by atoms with van der Waals surface area (Å²) in [6.45, 7) is 0. The first-order valence-electron chi connectivity index (χ1n) is 5.86. The zero-order chi connectivity index (χ0) is 14.7. The van der Waals surface area contributed by atoms with Gasteiger partial charge in [0.2, 0.25) is 0 Å². The Labute approximate surface area is 127 Å². The molecule has 0 heterocycles. The Bertz CT molecular complexity index is 638. The highest BCUT2D eigenvalue weighted by molar-refractivity contribution is 9.09. The molecule has 2 aromatic carbocycles. The first kappa shape index (κ1) is 15.1. The van der Waals surface area contributed by atoms with Gasteiger partial charge in [-0.05, 0) is 42.0 Å². The van der Waals surface area contributed by atoms with Gasteiger partial charge in [-0.15, -0.1) is 0 Å². The van der Waals surface area contributed by atoms with Crippen molar-refractivity contribution in [3.8, 4) is 0 Å². The normalized spacial score (nSPS) is 13.8. The van der Waals surface area contributed by atoms with Gasteiger partial charge >= 0.3 is 0 Å². The van der Waals surface area contributed by atoms with Crippen LogP contribution in [0.4, 0.5) is 4.39 Å². The van der Waals surface area contributed by atoms with Crippen molar-refractivity contribution < 1.29 is 13.4 Å². The maximum atomic E-state index is 12.8. The van der Waals surface area contributed by atoms with Gasteiger partial charge in [0.05, 0.1) is 0 Å². The zero-order valence-corrected chi connectivity index (χ0v) is 13.1. The predicted molar refractivity (Wildman–Crippen MR) is 81.2 cm³/mol. The number of alkyl halides is 1. The van der Waals surface area contributed by atoms with Gasteiger partial charge in [-0.25, -0.2) is 4.39 Å². The summed E-state index contributed by atoms with van der Waals surface area (Å²) in [5.41, 5.74) is 1.21. The standard InChI is InChI=1S/C15H12BrFO2S/c1-20(19)13-8-4-10(5-9-13)14(16)15(18)11-2-6-12(17)7-3-11/h2-9,14H,1H3. The lowest BCUT2D eigenvalue weighted by atomic mass is 10.0. The maximum Gasteiger partial charge on any atom is 0.180 e. The average Bonchev–Trinajstić information content (AvgIpc) is 2.46. The van der Waals surface area contributed by atoms with Crippen LogP contribution in [-0.2, 0) is 10.8 Å². The number of Topliss-reactive ketones (excluding diaryl/α,β-unsaturated/α-hetero) is 1. The molecule has 2 nitrogen and oxygen atoms in total. The summed E-state index contributed by atoms with van der Waals surface area (Å²) in [7, 11) is -1.04. The van der Waals surface area contributed by atoms with Crippen molar-refractivity contribution in [3.05, 3.63) is 65.5 Å². The number of rotatable bonds is 4. The van der Waals surface area contributed by atoms with Gasteiger partial charge in [0, 0.05) is 27.5 Å². The Hall–Kier alpha value is -1.33. The second kappa shape index (κ2) is 6.41. The Morgan fingerprint density at radius 2 is 1.65 bits per heavy atom. The van der Waals surface area contributed by atoms with Gasteiger partial charge in [-0.2, -0.15) is 0 Å². The molecule has 2 unspecified atom stereocenters. The van der Waals surface area contributed by atoms with Crippen LogP contribution in [-0.4, -0.2) is 16.2 Å². The summed E-state index contributed by atoms with van der Waals surface area (Å²) in [4.78, 5) is 12.4. The van der Waals surface area contributed by atoms with Gasteiger partial charge < -0.3 is 0 Å². The molecule has 0 amide bonds. The van der Waals surface area contributed by atoms with E-state index in [1.54, 1.807) is 30.5 Å². The van der Waals surface area contributed by atoms with Crippen LogP contribution in [0.2, 0.25) is 0 Å². The van der Waals surface area contributed by atoms with E-state index in [2.05, 4.69) is 15.9 Å². The summed E-state index contributed by atoms with van der Waals surface area (Å²) in [5.74, 6) is -0.516. The maximum absolute atomic E-state index is 12.8. The third-order valence-electron chi connectivity index (χ3n) is 2.86. The van der Waals surface area contributed by atoms with Crippen LogP contribution < -0.4 is 0 Å². The SMILES string of the molecule is CS(=O)c1ccc(C(Br)C(=O)c2ccc(F)cc2)cc1. The molecule has 0 bridgehead atoms. The minimum Gasteiger partial charge on any atom is -0.293 e. The highest BCUT2D eigenvalue weighted by Gasteiger charge is 2.19. The molecule has 2 aromatic rings. The third kappa shape index (κ3) is 3.41. The molecule has 104 valence electrons. The fourth-order valence-electron chi connectivity index (χ4n) is 1.74. The van der Waals surface area contributed by atoms with Crippen LogP contribution in [0.15, 0.2) is 53.4 Å². The molecule has 2 atom stereocenters. The van der Waals surface area contributed by atoms with Crippen molar-refractivity contribution in [3.63, 3.8) is 0 Å². The van der Waals surface area contributed by atoms with Crippen molar-refractivity contribution in [2.24, 2.45) is 0 Å². The highest BCUT2D eigenvalue weighted by Crippen LogP contribution is 2.27. The lowest BCUT2D eigenvalue weighted by Crippen LogP contribution is -2.07. The number of benzene rings is 2. The molecule has 0 aliphatic heterocycles. The molecule has 2 rings (SSSR count). The second-order valence-electron chi connectivity index (χ2n) is 4.26. The Morgan fingerprint density at radius 3 is 2.15 bits per heavy atom. The second-order valence-corrected chi connectivity index (χ2v) is 6.55.